The number of nitrogens with zero attached hydrogens (tertiary/aromatic N) is 1. The van der Waals surface area contributed by atoms with Crippen LogP contribution in [0.4, 0.5) is 11.4 Å². The number of nitrogens with one attached hydrogen (secondary N) is 2. The number of rotatable bonds is 3. The van der Waals surface area contributed by atoms with Crippen LogP contribution in [-0.4, -0.2) is 17.9 Å². The molecule has 0 saturated heterocycles. The molecule has 1 aromatic carbocycles. The highest BCUT2D eigenvalue weighted by Gasteiger charge is 2.10. The number of hydrogen-bond donors (Lipinski definition) is 2. The van der Waals surface area contributed by atoms with Gasteiger partial charge in [-0.25, -0.2) is 0 Å². The second-order valence-corrected chi connectivity index (χ2v) is 4.52. The van der Waals surface area contributed by atoms with Crippen LogP contribution in [0.5, 0.6) is 0 Å². The number of anilines is 2. The number of pyridine rings is 1. The van der Waals surface area contributed by atoms with Gasteiger partial charge in [0, 0.05) is 18.9 Å². The molecule has 0 atom stereocenters. The van der Waals surface area contributed by atoms with Crippen LogP contribution >= 0.6 is 11.6 Å². The van der Waals surface area contributed by atoms with E-state index in [0.717, 1.165) is 11.3 Å². The van der Waals surface area contributed by atoms with E-state index in [1.54, 1.807) is 37.5 Å². The Bertz CT molecular complexity index is 613. The van der Waals surface area contributed by atoms with Crippen LogP contribution in [-0.2, 0) is 0 Å². The maximum atomic E-state index is 12.1. The predicted octanol–water partition coefficient (Wildman–Crippen LogP) is 3.34. The van der Waals surface area contributed by atoms with E-state index in [2.05, 4.69) is 15.6 Å². The van der Waals surface area contributed by atoms with Crippen molar-refractivity contribution in [3.63, 3.8) is 0 Å². The fourth-order valence-electron chi connectivity index (χ4n) is 1.62. The molecule has 0 unspecified atom stereocenters. The van der Waals surface area contributed by atoms with E-state index >= 15 is 0 Å². The van der Waals surface area contributed by atoms with Gasteiger partial charge in [-0.2, -0.15) is 0 Å². The average Bonchev–Trinajstić information content (AvgIpc) is 2.42. The quantitative estimate of drug-likeness (QED) is 0.903. The molecule has 2 aromatic rings. The van der Waals surface area contributed by atoms with Crippen LogP contribution in [0.3, 0.4) is 0 Å². The van der Waals surface area contributed by atoms with Gasteiger partial charge in [0.05, 0.1) is 10.7 Å². The van der Waals surface area contributed by atoms with Crippen molar-refractivity contribution in [3.8, 4) is 0 Å². The minimum Gasteiger partial charge on any atom is -0.388 e. The highest BCUT2D eigenvalue weighted by molar-refractivity contribution is 6.34. The van der Waals surface area contributed by atoms with E-state index in [4.69, 9.17) is 11.6 Å². The van der Waals surface area contributed by atoms with E-state index in [-0.39, 0.29) is 5.91 Å². The molecule has 0 aliphatic heterocycles. The molecule has 0 fully saturated rings. The molecule has 4 nitrogen and oxygen atoms in total. The largest absolute Gasteiger partial charge is 0.388 e. The maximum absolute atomic E-state index is 12.1. The molecule has 98 valence electrons. The number of hydrogen-bond acceptors (Lipinski definition) is 3. The van der Waals surface area contributed by atoms with Crippen molar-refractivity contribution < 1.29 is 4.79 Å². The smallest absolute Gasteiger partial charge is 0.274 e. The summed E-state index contributed by atoms with van der Waals surface area (Å²) in [6.07, 6.45) is 1.58. The molecule has 2 rings (SSSR count). The lowest BCUT2D eigenvalue weighted by molar-refractivity contribution is 0.102. The Balaban J connectivity index is 2.20. The van der Waals surface area contributed by atoms with E-state index in [1.165, 1.54) is 0 Å². The first-order chi connectivity index (χ1) is 9.10. The van der Waals surface area contributed by atoms with Crippen molar-refractivity contribution in [2.75, 3.05) is 17.7 Å². The molecule has 0 aliphatic rings. The normalized spacial score (nSPS) is 10.1. The molecule has 0 bridgehead atoms. The van der Waals surface area contributed by atoms with Gasteiger partial charge in [-0.1, -0.05) is 17.7 Å². The van der Waals surface area contributed by atoms with E-state index in [0.29, 0.717) is 16.4 Å². The Hall–Kier alpha value is -2.07. The van der Waals surface area contributed by atoms with Crippen molar-refractivity contribution >= 4 is 28.9 Å². The number of benzene rings is 1. The van der Waals surface area contributed by atoms with E-state index in [9.17, 15) is 4.79 Å². The van der Waals surface area contributed by atoms with Crippen LogP contribution in [0.2, 0.25) is 5.02 Å². The molecular formula is C14H14ClN3O. The molecule has 1 amide bonds. The summed E-state index contributed by atoms with van der Waals surface area (Å²) in [5.74, 6) is -0.289. The van der Waals surface area contributed by atoms with Gasteiger partial charge >= 0.3 is 0 Å². The first-order valence-corrected chi connectivity index (χ1v) is 6.19. The summed E-state index contributed by atoms with van der Waals surface area (Å²) in [6.45, 7) is 1.94. The lowest BCUT2D eigenvalue weighted by Gasteiger charge is -2.08. The van der Waals surface area contributed by atoms with Crippen LogP contribution in [0.1, 0.15) is 16.1 Å². The van der Waals surface area contributed by atoms with Crippen LogP contribution < -0.4 is 10.6 Å². The van der Waals surface area contributed by atoms with Crippen LogP contribution in [0, 0.1) is 6.92 Å². The summed E-state index contributed by atoms with van der Waals surface area (Å²) in [5, 5.41) is 6.21. The zero-order valence-corrected chi connectivity index (χ0v) is 11.5. The van der Waals surface area contributed by atoms with Crippen LogP contribution in [0.15, 0.2) is 36.5 Å². The maximum Gasteiger partial charge on any atom is 0.274 e. The molecule has 2 N–H and O–H groups in total. The lowest BCUT2D eigenvalue weighted by Crippen LogP contribution is -2.14. The summed E-state index contributed by atoms with van der Waals surface area (Å²) in [5.41, 5.74) is 2.78. The second kappa shape index (κ2) is 5.71. The van der Waals surface area contributed by atoms with Gasteiger partial charge < -0.3 is 10.6 Å². The summed E-state index contributed by atoms with van der Waals surface area (Å²) < 4.78 is 0. The number of halogens is 1. The van der Waals surface area contributed by atoms with Crippen LogP contribution in [0.25, 0.3) is 0 Å². The minimum absolute atomic E-state index is 0.289. The van der Waals surface area contributed by atoms with E-state index < -0.39 is 0 Å². The second-order valence-electron chi connectivity index (χ2n) is 4.12. The molecule has 1 aromatic heterocycles. The third-order valence-corrected chi connectivity index (χ3v) is 2.97. The fourth-order valence-corrected chi connectivity index (χ4v) is 1.90. The number of aromatic nitrogens is 1. The van der Waals surface area contributed by atoms with E-state index in [1.807, 2.05) is 13.0 Å². The Morgan fingerprint density at radius 3 is 2.74 bits per heavy atom. The molecule has 0 spiro atoms. The topological polar surface area (TPSA) is 54.0 Å². The summed E-state index contributed by atoms with van der Waals surface area (Å²) in [4.78, 5) is 16.1. The highest BCUT2D eigenvalue weighted by atomic mass is 35.5. The zero-order chi connectivity index (χ0) is 13.8. The highest BCUT2D eigenvalue weighted by Crippen LogP contribution is 2.23. The number of aryl methyl sites for hydroxylation is 1. The molecular weight excluding hydrogens is 262 g/mol. The number of amides is 1. The lowest BCUT2D eigenvalue weighted by atomic mass is 10.2. The fraction of sp³-hybridized carbons (Fsp3) is 0.143. The molecule has 1 heterocycles. The zero-order valence-electron chi connectivity index (χ0n) is 10.7. The minimum atomic E-state index is -0.289. The third kappa shape index (κ3) is 3.23. The van der Waals surface area contributed by atoms with Gasteiger partial charge in [0.25, 0.3) is 5.91 Å². The summed E-state index contributed by atoms with van der Waals surface area (Å²) >= 11 is 6.07. The predicted molar refractivity (Wildman–Crippen MR) is 77.9 cm³/mol. The van der Waals surface area contributed by atoms with Gasteiger partial charge in [-0.3, -0.25) is 9.78 Å². The summed E-state index contributed by atoms with van der Waals surface area (Å²) in [6, 6.07) is 8.93. The van der Waals surface area contributed by atoms with Gasteiger partial charge in [0.15, 0.2) is 0 Å². The van der Waals surface area contributed by atoms with Crippen molar-refractivity contribution in [1.82, 2.24) is 4.98 Å². The van der Waals surface area contributed by atoms with Crippen molar-refractivity contribution in [2.24, 2.45) is 0 Å². The molecule has 0 radical (unpaired) electrons. The molecule has 0 saturated carbocycles. The van der Waals surface area contributed by atoms with Gasteiger partial charge in [0.2, 0.25) is 0 Å². The first-order valence-electron chi connectivity index (χ1n) is 5.81. The first kappa shape index (κ1) is 13.4. The van der Waals surface area contributed by atoms with Crippen molar-refractivity contribution in [1.29, 1.82) is 0 Å². The monoisotopic (exact) mass is 275 g/mol. The van der Waals surface area contributed by atoms with Gasteiger partial charge in [-0.05, 0) is 36.8 Å². The van der Waals surface area contributed by atoms with Gasteiger partial charge in [-0.15, -0.1) is 0 Å². The molecule has 19 heavy (non-hydrogen) atoms. The average molecular weight is 276 g/mol. The Morgan fingerprint density at radius 1 is 1.26 bits per heavy atom. The Labute approximate surface area is 116 Å². The molecule has 0 aliphatic carbocycles. The SMILES string of the molecule is CNc1ccnc(C(=O)Nc2ccc(C)cc2Cl)c1. The Morgan fingerprint density at radius 2 is 2.05 bits per heavy atom. The standard InChI is InChI=1S/C14H14ClN3O/c1-9-3-4-12(11(15)7-9)18-14(19)13-8-10(16-2)5-6-17-13/h3-8H,1-2H3,(H,16,17)(H,18,19). The van der Waals surface area contributed by atoms with Crippen molar-refractivity contribution in [2.45, 2.75) is 6.92 Å². The molecule has 5 heteroatoms. The van der Waals surface area contributed by atoms with Gasteiger partial charge in [0.1, 0.15) is 5.69 Å². The number of carbonyl (C=O) groups excluding carboxylic acids is 1. The Kier molecular flexibility index (Phi) is 4.02. The van der Waals surface area contributed by atoms with Crippen molar-refractivity contribution in [3.05, 3.63) is 52.8 Å². The third-order valence-electron chi connectivity index (χ3n) is 2.65. The number of carbonyl (C=O) groups is 1. The summed E-state index contributed by atoms with van der Waals surface area (Å²) in [7, 11) is 1.79.